The summed E-state index contributed by atoms with van der Waals surface area (Å²) in [6, 6.07) is 11.9. The first-order valence-corrected chi connectivity index (χ1v) is 6.70. The van der Waals surface area contributed by atoms with E-state index in [-0.39, 0.29) is 6.04 Å². The molecule has 2 heterocycles. The van der Waals surface area contributed by atoms with E-state index in [9.17, 15) is 0 Å². The van der Waals surface area contributed by atoms with Gasteiger partial charge in [-0.25, -0.2) is 4.98 Å². The zero-order valence-electron chi connectivity index (χ0n) is 11.3. The van der Waals surface area contributed by atoms with Crippen molar-refractivity contribution in [2.24, 2.45) is 5.73 Å². The summed E-state index contributed by atoms with van der Waals surface area (Å²) < 4.78 is 5.22. The van der Waals surface area contributed by atoms with Crippen LogP contribution in [0.25, 0.3) is 22.4 Å². The molecular formula is C15H16N4O. The molecule has 1 unspecified atom stereocenters. The maximum atomic E-state index is 5.88. The average molecular weight is 268 g/mol. The van der Waals surface area contributed by atoms with Crippen molar-refractivity contribution < 1.29 is 4.52 Å². The number of benzene rings is 1. The van der Waals surface area contributed by atoms with Crippen LogP contribution in [0.2, 0.25) is 0 Å². The van der Waals surface area contributed by atoms with E-state index in [1.54, 1.807) is 0 Å². The summed E-state index contributed by atoms with van der Waals surface area (Å²) >= 11 is 0. The molecule has 0 spiro atoms. The van der Waals surface area contributed by atoms with Crippen molar-refractivity contribution in [3.8, 4) is 11.5 Å². The summed E-state index contributed by atoms with van der Waals surface area (Å²) in [5.41, 5.74) is 7.51. The second-order valence-corrected chi connectivity index (χ2v) is 4.77. The van der Waals surface area contributed by atoms with E-state index in [1.165, 1.54) is 0 Å². The van der Waals surface area contributed by atoms with Crippen LogP contribution in [0, 0.1) is 0 Å². The van der Waals surface area contributed by atoms with Gasteiger partial charge >= 0.3 is 0 Å². The Kier molecular flexibility index (Phi) is 3.43. The van der Waals surface area contributed by atoms with E-state index in [2.05, 4.69) is 15.1 Å². The second-order valence-electron chi connectivity index (χ2n) is 4.77. The monoisotopic (exact) mass is 268 g/mol. The molecule has 0 saturated heterocycles. The van der Waals surface area contributed by atoms with Gasteiger partial charge in [0.25, 0.3) is 0 Å². The van der Waals surface area contributed by atoms with Crippen LogP contribution in [0.1, 0.15) is 19.2 Å². The van der Waals surface area contributed by atoms with E-state index >= 15 is 0 Å². The van der Waals surface area contributed by atoms with Crippen LogP contribution in [0.3, 0.4) is 0 Å². The largest absolute Gasteiger partial charge is 0.339 e. The minimum Gasteiger partial charge on any atom is -0.339 e. The van der Waals surface area contributed by atoms with Crippen molar-refractivity contribution in [2.45, 2.75) is 25.8 Å². The van der Waals surface area contributed by atoms with Crippen LogP contribution < -0.4 is 5.73 Å². The summed E-state index contributed by atoms with van der Waals surface area (Å²) in [6.07, 6.45) is 1.48. The Labute approximate surface area is 116 Å². The van der Waals surface area contributed by atoms with Gasteiger partial charge < -0.3 is 10.3 Å². The molecule has 1 aromatic carbocycles. The number of para-hydroxylation sites is 1. The highest BCUT2D eigenvalue weighted by Crippen LogP contribution is 2.18. The third kappa shape index (κ3) is 2.53. The van der Waals surface area contributed by atoms with E-state index in [0.29, 0.717) is 23.8 Å². The van der Waals surface area contributed by atoms with Gasteiger partial charge in [0.05, 0.1) is 5.52 Å². The Hall–Kier alpha value is -2.27. The highest BCUT2D eigenvalue weighted by molar-refractivity contribution is 5.80. The van der Waals surface area contributed by atoms with Gasteiger partial charge in [0, 0.05) is 17.8 Å². The lowest BCUT2D eigenvalue weighted by Crippen LogP contribution is -2.21. The third-order valence-electron chi connectivity index (χ3n) is 3.26. The van der Waals surface area contributed by atoms with E-state index in [1.807, 2.05) is 43.3 Å². The number of rotatable bonds is 4. The van der Waals surface area contributed by atoms with Gasteiger partial charge in [-0.3, -0.25) is 0 Å². The van der Waals surface area contributed by atoms with Crippen LogP contribution in [-0.2, 0) is 6.42 Å². The zero-order chi connectivity index (χ0) is 13.9. The Balaban J connectivity index is 1.91. The standard InChI is InChI=1S/C15H16N4O/c1-2-11(16)9-14-18-15(19-20-14)13-8-7-10-5-3-4-6-12(10)17-13/h3-8,11H,2,9,16H2,1H3. The highest BCUT2D eigenvalue weighted by Gasteiger charge is 2.12. The van der Waals surface area contributed by atoms with E-state index < -0.39 is 0 Å². The van der Waals surface area contributed by atoms with Gasteiger partial charge in [0.15, 0.2) is 0 Å². The predicted octanol–water partition coefficient (Wildman–Crippen LogP) is 2.56. The first-order valence-electron chi connectivity index (χ1n) is 6.70. The Bertz CT molecular complexity index is 722. The Morgan fingerprint density at radius 2 is 2.00 bits per heavy atom. The molecule has 0 fully saturated rings. The van der Waals surface area contributed by atoms with Gasteiger partial charge in [-0.05, 0) is 18.6 Å². The van der Waals surface area contributed by atoms with Crippen LogP contribution in [0.15, 0.2) is 40.9 Å². The third-order valence-corrected chi connectivity index (χ3v) is 3.26. The number of nitrogens with zero attached hydrogens (tertiary/aromatic N) is 3. The number of nitrogens with two attached hydrogens (primary N) is 1. The molecule has 0 bridgehead atoms. The van der Waals surface area contributed by atoms with Crippen molar-refractivity contribution in [1.29, 1.82) is 0 Å². The first-order chi connectivity index (χ1) is 9.76. The maximum Gasteiger partial charge on any atom is 0.228 e. The van der Waals surface area contributed by atoms with Crippen LogP contribution in [-0.4, -0.2) is 21.2 Å². The fraction of sp³-hybridized carbons (Fsp3) is 0.267. The zero-order valence-corrected chi connectivity index (χ0v) is 11.3. The summed E-state index contributed by atoms with van der Waals surface area (Å²) in [5.74, 6) is 1.07. The predicted molar refractivity (Wildman–Crippen MR) is 77.0 cm³/mol. The highest BCUT2D eigenvalue weighted by atomic mass is 16.5. The Morgan fingerprint density at radius 1 is 1.15 bits per heavy atom. The summed E-state index contributed by atoms with van der Waals surface area (Å²) in [6.45, 7) is 2.03. The molecule has 0 aliphatic carbocycles. The fourth-order valence-corrected chi connectivity index (χ4v) is 2.00. The molecule has 3 rings (SSSR count). The quantitative estimate of drug-likeness (QED) is 0.786. The lowest BCUT2D eigenvalue weighted by molar-refractivity contribution is 0.368. The van der Waals surface area contributed by atoms with Crippen LogP contribution in [0.5, 0.6) is 0 Å². The molecule has 0 saturated carbocycles. The van der Waals surface area contributed by atoms with Crippen molar-refractivity contribution in [2.75, 3.05) is 0 Å². The number of aromatic nitrogens is 3. The topological polar surface area (TPSA) is 77.8 Å². The molecule has 0 amide bonds. The normalized spacial score (nSPS) is 12.7. The van der Waals surface area contributed by atoms with Gasteiger partial charge in [-0.2, -0.15) is 4.98 Å². The van der Waals surface area contributed by atoms with Crippen molar-refractivity contribution in [3.63, 3.8) is 0 Å². The molecule has 2 aromatic heterocycles. The number of pyridine rings is 1. The molecule has 5 heteroatoms. The van der Waals surface area contributed by atoms with Gasteiger partial charge in [0.1, 0.15) is 5.69 Å². The lowest BCUT2D eigenvalue weighted by atomic mass is 10.2. The molecule has 2 N–H and O–H groups in total. The van der Waals surface area contributed by atoms with Crippen molar-refractivity contribution in [1.82, 2.24) is 15.1 Å². The summed E-state index contributed by atoms with van der Waals surface area (Å²) in [4.78, 5) is 8.90. The summed E-state index contributed by atoms with van der Waals surface area (Å²) in [7, 11) is 0. The number of fused-ring (bicyclic) bond motifs is 1. The SMILES string of the molecule is CCC(N)Cc1nc(-c2ccc3ccccc3n2)no1. The summed E-state index contributed by atoms with van der Waals surface area (Å²) in [5, 5.41) is 5.07. The minimum absolute atomic E-state index is 0.0489. The molecule has 1 atom stereocenters. The van der Waals surface area contributed by atoms with Crippen molar-refractivity contribution in [3.05, 3.63) is 42.3 Å². The van der Waals surface area contributed by atoms with Gasteiger partial charge in [-0.15, -0.1) is 0 Å². The Morgan fingerprint density at radius 3 is 2.85 bits per heavy atom. The van der Waals surface area contributed by atoms with Crippen LogP contribution >= 0.6 is 0 Å². The minimum atomic E-state index is 0.0489. The maximum absolute atomic E-state index is 5.88. The average Bonchev–Trinajstić information content (AvgIpc) is 2.95. The van der Waals surface area contributed by atoms with Crippen LogP contribution in [0.4, 0.5) is 0 Å². The molecule has 5 nitrogen and oxygen atoms in total. The van der Waals surface area contributed by atoms with E-state index in [0.717, 1.165) is 17.3 Å². The molecule has 20 heavy (non-hydrogen) atoms. The van der Waals surface area contributed by atoms with E-state index in [4.69, 9.17) is 10.3 Å². The number of hydrogen-bond acceptors (Lipinski definition) is 5. The van der Waals surface area contributed by atoms with Gasteiger partial charge in [0.2, 0.25) is 11.7 Å². The van der Waals surface area contributed by atoms with Crippen molar-refractivity contribution >= 4 is 10.9 Å². The molecule has 0 aliphatic rings. The molecule has 0 radical (unpaired) electrons. The molecular weight excluding hydrogens is 252 g/mol. The smallest absolute Gasteiger partial charge is 0.228 e. The molecule has 0 aliphatic heterocycles. The lowest BCUT2D eigenvalue weighted by Gasteiger charge is -2.02. The molecule has 3 aromatic rings. The second kappa shape index (κ2) is 5.38. The first kappa shape index (κ1) is 12.7. The van der Waals surface area contributed by atoms with Gasteiger partial charge in [-0.1, -0.05) is 36.3 Å². The number of hydrogen-bond donors (Lipinski definition) is 1. The fourth-order valence-electron chi connectivity index (χ4n) is 2.00. The molecule has 102 valence electrons.